The van der Waals surface area contributed by atoms with E-state index < -0.39 is 0 Å². The summed E-state index contributed by atoms with van der Waals surface area (Å²) >= 11 is 3.56. The van der Waals surface area contributed by atoms with Gasteiger partial charge in [0.25, 0.3) is 0 Å². The largest absolute Gasteiger partial charge is 0.497 e. The SMILES string of the molecule is COc1ccc(N)c(Nc2cccc(C)c2Br)c1. The first-order chi connectivity index (χ1) is 8.61. The number of aryl methyl sites for hydroxylation is 1. The molecule has 4 heteroatoms. The molecule has 2 aromatic carbocycles. The number of hydrogen-bond acceptors (Lipinski definition) is 3. The van der Waals surface area contributed by atoms with E-state index in [4.69, 9.17) is 10.5 Å². The lowest BCUT2D eigenvalue weighted by molar-refractivity contribution is 0.415. The smallest absolute Gasteiger partial charge is 0.121 e. The summed E-state index contributed by atoms with van der Waals surface area (Å²) in [4.78, 5) is 0. The molecule has 0 saturated heterocycles. The van der Waals surface area contributed by atoms with E-state index in [0.717, 1.165) is 21.6 Å². The van der Waals surface area contributed by atoms with E-state index in [0.29, 0.717) is 5.69 Å². The minimum absolute atomic E-state index is 0.684. The van der Waals surface area contributed by atoms with Crippen molar-refractivity contribution in [2.45, 2.75) is 6.92 Å². The molecule has 0 fully saturated rings. The topological polar surface area (TPSA) is 47.3 Å². The van der Waals surface area contributed by atoms with E-state index in [1.165, 1.54) is 5.56 Å². The third kappa shape index (κ3) is 2.59. The van der Waals surface area contributed by atoms with Gasteiger partial charge in [-0.3, -0.25) is 0 Å². The lowest BCUT2D eigenvalue weighted by Gasteiger charge is -2.13. The average molecular weight is 307 g/mol. The molecular formula is C14H15BrN2O. The number of benzene rings is 2. The summed E-state index contributed by atoms with van der Waals surface area (Å²) < 4.78 is 6.23. The van der Waals surface area contributed by atoms with Crippen LogP contribution in [0.1, 0.15) is 5.56 Å². The van der Waals surface area contributed by atoms with Gasteiger partial charge in [-0.2, -0.15) is 0 Å². The fourth-order valence-corrected chi connectivity index (χ4v) is 2.02. The zero-order chi connectivity index (χ0) is 13.1. The van der Waals surface area contributed by atoms with Crippen LogP contribution in [0.2, 0.25) is 0 Å². The van der Waals surface area contributed by atoms with Crippen molar-refractivity contribution in [2.24, 2.45) is 0 Å². The van der Waals surface area contributed by atoms with Gasteiger partial charge in [-0.05, 0) is 46.6 Å². The highest BCUT2D eigenvalue weighted by molar-refractivity contribution is 9.10. The molecule has 2 rings (SSSR count). The molecule has 0 aliphatic carbocycles. The van der Waals surface area contributed by atoms with Gasteiger partial charge in [-0.1, -0.05) is 12.1 Å². The zero-order valence-corrected chi connectivity index (χ0v) is 11.9. The van der Waals surface area contributed by atoms with Gasteiger partial charge < -0.3 is 15.8 Å². The Hall–Kier alpha value is -1.68. The number of ether oxygens (including phenoxy) is 1. The van der Waals surface area contributed by atoms with Crippen LogP contribution in [0, 0.1) is 6.92 Å². The van der Waals surface area contributed by atoms with Crippen LogP contribution in [0.5, 0.6) is 5.75 Å². The molecule has 3 nitrogen and oxygen atoms in total. The Bertz CT molecular complexity index is 570. The molecule has 0 unspecified atom stereocenters. The quantitative estimate of drug-likeness (QED) is 0.840. The molecule has 0 spiro atoms. The van der Waals surface area contributed by atoms with Gasteiger partial charge in [0.15, 0.2) is 0 Å². The molecule has 0 aromatic heterocycles. The first kappa shape index (κ1) is 12.8. The third-order valence-electron chi connectivity index (χ3n) is 2.72. The molecule has 0 heterocycles. The Morgan fingerprint density at radius 1 is 1.17 bits per heavy atom. The van der Waals surface area contributed by atoms with Crippen LogP contribution < -0.4 is 15.8 Å². The molecule has 18 heavy (non-hydrogen) atoms. The van der Waals surface area contributed by atoms with Crippen LogP contribution in [-0.2, 0) is 0 Å². The van der Waals surface area contributed by atoms with Crippen molar-refractivity contribution in [1.82, 2.24) is 0 Å². The number of nitrogens with one attached hydrogen (secondary N) is 1. The standard InChI is InChI=1S/C14H15BrN2O/c1-9-4-3-5-12(14(9)15)17-13-8-10(18-2)6-7-11(13)16/h3-8,17H,16H2,1-2H3. The molecule has 3 N–H and O–H groups in total. The third-order valence-corrected chi connectivity index (χ3v) is 3.77. The van der Waals surface area contributed by atoms with Crippen LogP contribution in [0.25, 0.3) is 0 Å². The van der Waals surface area contributed by atoms with E-state index >= 15 is 0 Å². The van der Waals surface area contributed by atoms with Gasteiger partial charge in [-0.15, -0.1) is 0 Å². The number of nitrogen functional groups attached to an aromatic ring is 1. The monoisotopic (exact) mass is 306 g/mol. The Morgan fingerprint density at radius 3 is 2.67 bits per heavy atom. The van der Waals surface area contributed by atoms with Crippen LogP contribution in [0.4, 0.5) is 17.1 Å². The highest BCUT2D eigenvalue weighted by atomic mass is 79.9. The van der Waals surface area contributed by atoms with Crippen molar-refractivity contribution in [2.75, 3.05) is 18.2 Å². The molecular weight excluding hydrogens is 292 g/mol. The van der Waals surface area contributed by atoms with Crippen molar-refractivity contribution in [3.63, 3.8) is 0 Å². The molecule has 2 aromatic rings. The van der Waals surface area contributed by atoms with E-state index in [2.05, 4.69) is 21.2 Å². The van der Waals surface area contributed by atoms with Crippen LogP contribution >= 0.6 is 15.9 Å². The number of nitrogens with two attached hydrogens (primary N) is 1. The van der Waals surface area contributed by atoms with E-state index in [1.54, 1.807) is 7.11 Å². The first-order valence-electron chi connectivity index (χ1n) is 5.57. The van der Waals surface area contributed by atoms with Crippen molar-refractivity contribution < 1.29 is 4.74 Å². The van der Waals surface area contributed by atoms with Crippen molar-refractivity contribution in [1.29, 1.82) is 0 Å². The van der Waals surface area contributed by atoms with Crippen LogP contribution in [0.15, 0.2) is 40.9 Å². The maximum atomic E-state index is 5.95. The molecule has 0 aliphatic heterocycles. The van der Waals surface area contributed by atoms with Crippen LogP contribution in [-0.4, -0.2) is 7.11 Å². The van der Waals surface area contributed by atoms with E-state index in [-0.39, 0.29) is 0 Å². The molecule has 0 atom stereocenters. The number of anilines is 3. The summed E-state index contributed by atoms with van der Waals surface area (Å²) in [6, 6.07) is 11.6. The summed E-state index contributed by atoms with van der Waals surface area (Å²) in [5.74, 6) is 0.774. The number of methoxy groups -OCH3 is 1. The Morgan fingerprint density at radius 2 is 1.94 bits per heavy atom. The normalized spacial score (nSPS) is 10.2. The number of halogens is 1. The molecule has 0 bridgehead atoms. The molecule has 0 aliphatic rings. The van der Waals surface area contributed by atoms with Crippen molar-refractivity contribution >= 4 is 33.0 Å². The maximum absolute atomic E-state index is 5.95. The number of rotatable bonds is 3. The van der Waals surface area contributed by atoms with Crippen LogP contribution in [0.3, 0.4) is 0 Å². The summed E-state index contributed by atoms with van der Waals surface area (Å²) in [6.07, 6.45) is 0. The maximum Gasteiger partial charge on any atom is 0.121 e. The van der Waals surface area contributed by atoms with Gasteiger partial charge in [-0.25, -0.2) is 0 Å². The predicted molar refractivity (Wildman–Crippen MR) is 79.6 cm³/mol. The first-order valence-corrected chi connectivity index (χ1v) is 6.37. The van der Waals surface area contributed by atoms with Gasteiger partial charge in [0, 0.05) is 10.5 Å². The Labute approximate surface area is 115 Å². The van der Waals surface area contributed by atoms with Crippen molar-refractivity contribution in [3.8, 4) is 5.75 Å². The highest BCUT2D eigenvalue weighted by Gasteiger charge is 2.06. The molecule has 0 saturated carbocycles. The molecule has 0 amide bonds. The molecule has 0 radical (unpaired) electrons. The second-order valence-electron chi connectivity index (χ2n) is 4.01. The second kappa shape index (κ2) is 5.31. The lowest BCUT2D eigenvalue weighted by Crippen LogP contribution is -1.98. The Kier molecular flexibility index (Phi) is 3.77. The lowest BCUT2D eigenvalue weighted by atomic mass is 10.2. The predicted octanol–water partition coefficient (Wildman–Crippen LogP) is 4.09. The summed E-state index contributed by atoms with van der Waals surface area (Å²) in [5.41, 5.74) is 9.61. The Balaban J connectivity index is 2.36. The zero-order valence-electron chi connectivity index (χ0n) is 10.3. The van der Waals surface area contributed by atoms with Gasteiger partial charge in [0.2, 0.25) is 0 Å². The minimum Gasteiger partial charge on any atom is -0.497 e. The fraction of sp³-hybridized carbons (Fsp3) is 0.143. The van der Waals surface area contributed by atoms with E-state index in [9.17, 15) is 0 Å². The van der Waals surface area contributed by atoms with E-state index in [1.807, 2.05) is 43.3 Å². The minimum atomic E-state index is 0.684. The number of hydrogen-bond donors (Lipinski definition) is 2. The second-order valence-corrected chi connectivity index (χ2v) is 4.81. The summed E-state index contributed by atoms with van der Waals surface area (Å²) in [5, 5.41) is 3.30. The summed E-state index contributed by atoms with van der Waals surface area (Å²) in [7, 11) is 1.64. The van der Waals surface area contributed by atoms with Gasteiger partial charge >= 0.3 is 0 Å². The van der Waals surface area contributed by atoms with Gasteiger partial charge in [0.05, 0.1) is 24.2 Å². The van der Waals surface area contributed by atoms with Gasteiger partial charge in [0.1, 0.15) is 5.75 Å². The average Bonchev–Trinajstić information content (AvgIpc) is 2.37. The van der Waals surface area contributed by atoms with Crippen molar-refractivity contribution in [3.05, 3.63) is 46.4 Å². The molecule has 94 valence electrons. The fourth-order valence-electron chi connectivity index (χ4n) is 1.66. The highest BCUT2D eigenvalue weighted by Crippen LogP contribution is 2.32. The summed E-state index contributed by atoms with van der Waals surface area (Å²) in [6.45, 7) is 2.05.